The zero-order chi connectivity index (χ0) is 28.8. The van der Waals surface area contributed by atoms with Crippen molar-refractivity contribution in [1.29, 1.82) is 0 Å². The summed E-state index contributed by atoms with van der Waals surface area (Å²) in [4.78, 5) is 27.6. The first kappa shape index (κ1) is 29.7. The zero-order valence-corrected chi connectivity index (χ0v) is 24.4. The first-order valence-corrected chi connectivity index (χ1v) is 15.8. The summed E-state index contributed by atoms with van der Waals surface area (Å²) in [5, 5.41) is 0. The lowest BCUT2D eigenvalue weighted by Gasteiger charge is -2.36. The number of likely N-dealkylation sites (tertiary alicyclic amines) is 1. The van der Waals surface area contributed by atoms with Crippen molar-refractivity contribution in [1.82, 2.24) is 4.90 Å². The molecule has 1 saturated heterocycles. The van der Waals surface area contributed by atoms with Gasteiger partial charge in [-0.15, -0.1) is 0 Å². The minimum absolute atomic E-state index is 0.0613. The molecule has 7 heteroatoms. The molecule has 3 aromatic carbocycles. The Bertz CT molecular complexity index is 1340. The van der Waals surface area contributed by atoms with Crippen LogP contribution >= 0.6 is 0 Å². The molecule has 0 amide bonds. The maximum atomic E-state index is 12.8. The van der Waals surface area contributed by atoms with E-state index in [2.05, 4.69) is 69.7 Å². The minimum Gasteiger partial charge on any atom is -0.345 e. The lowest BCUT2D eigenvalue weighted by molar-refractivity contribution is -0.139. The molecule has 0 N–H and O–H groups in total. The summed E-state index contributed by atoms with van der Waals surface area (Å²) < 4.78 is 27.3. The summed E-state index contributed by atoms with van der Waals surface area (Å²) in [6.07, 6.45) is 4.34. The van der Waals surface area contributed by atoms with Crippen LogP contribution in [0, 0.1) is 5.92 Å². The first-order chi connectivity index (χ1) is 19.0. The van der Waals surface area contributed by atoms with Crippen molar-refractivity contribution in [3.05, 3.63) is 107 Å². The molecule has 0 spiro atoms. The van der Waals surface area contributed by atoms with Gasteiger partial charge in [-0.25, -0.2) is 4.79 Å². The number of Topliss-reactive ketones (excluding diaryl/α,β-unsaturated/α-hetero) is 1. The van der Waals surface area contributed by atoms with Crippen molar-refractivity contribution in [2.24, 2.45) is 5.92 Å². The fourth-order valence-electron chi connectivity index (χ4n) is 5.61. The van der Waals surface area contributed by atoms with Gasteiger partial charge in [-0.3, -0.25) is 4.79 Å². The van der Waals surface area contributed by atoms with Crippen LogP contribution in [0.5, 0.6) is 0 Å². The fraction of sp³-hybridized carbons (Fsp3) is 0.394. The van der Waals surface area contributed by atoms with E-state index in [0.29, 0.717) is 29.4 Å². The van der Waals surface area contributed by atoms with Crippen LogP contribution in [0.3, 0.4) is 0 Å². The third kappa shape index (κ3) is 7.67. The summed E-state index contributed by atoms with van der Waals surface area (Å²) in [5.74, 6) is 0.190. The largest absolute Gasteiger partial charge is 0.345 e. The second kappa shape index (κ2) is 12.9. The van der Waals surface area contributed by atoms with E-state index >= 15 is 0 Å². The predicted molar refractivity (Wildman–Crippen MR) is 158 cm³/mol. The molecule has 40 heavy (non-hydrogen) atoms. The predicted octanol–water partition coefficient (Wildman–Crippen LogP) is 5.97. The summed E-state index contributed by atoms with van der Waals surface area (Å²) in [7, 11) is -3.90. The fourth-order valence-corrected chi connectivity index (χ4v) is 6.09. The topological polar surface area (TPSA) is 80.8 Å². The van der Waals surface area contributed by atoms with E-state index in [4.69, 9.17) is 0 Å². The Balaban J connectivity index is 1.27. The van der Waals surface area contributed by atoms with Gasteiger partial charge in [0.25, 0.3) is 0 Å². The molecule has 3 aromatic rings. The molecule has 0 saturated carbocycles. The smallest absolute Gasteiger partial charge is 0.331 e. The highest BCUT2D eigenvalue weighted by atomic mass is 32.2. The van der Waals surface area contributed by atoms with Crippen LogP contribution in [-0.4, -0.2) is 51.0 Å². The van der Waals surface area contributed by atoms with Crippen molar-refractivity contribution in [2.75, 3.05) is 25.9 Å². The van der Waals surface area contributed by atoms with Crippen molar-refractivity contribution < 1.29 is 22.2 Å². The van der Waals surface area contributed by atoms with Crippen molar-refractivity contribution in [3.8, 4) is 0 Å². The maximum Gasteiger partial charge on any atom is 0.331 e. The van der Waals surface area contributed by atoms with Crippen LogP contribution in [0.2, 0.25) is 0 Å². The standard InChI is InChI=1S/C33H39NO5S/c1-33(2,32(36)39-40(3,37)38)29-18-16-25(17-19-29)30(35)15-10-22-34-23-20-28(21-24-34)31(26-11-6-4-7-12-26)27-13-8-5-9-14-27/h4-9,11-14,16-19,28,31H,10,15,20-24H2,1-3H3. The van der Waals surface area contributed by atoms with Crippen LogP contribution in [0.15, 0.2) is 84.9 Å². The SMILES string of the molecule is CC(C)(C(=O)OS(C)(=O)=O)c1ccc(C(=O)CCCN2CCC(C(c3ccccc3)c3ccccc3)CC2)cc1. The van der Waals surface area contributed by atoms with Gasteiger partial charge in [0.1, 0.15) is 0 Å². The Morgan fingerprint density at radius 3 is 1.90 bits per heavy atom. The lowest BCUT2D eigenvalue weighted by Crippen LogP contribution is -2.36. The number of carbonyl (C=O) groups is 2. The van der Waals surface area contributed by atoms with E-state index in [1.807, 2.05) is 0 Å². The molecule has 1 aliphatic heterocycles. The molecule has 0 aliphatic carbocycles. The Hall–Kier alpha value is -3.29. The molecule has 1 aliphatic rings. The van der Waals surface area contributed by atoms with Gasteiger partial charge < -0.3 is 9.08 Å². The van der Waals surface area contributed by atoms with Crippen LogP contribution in [0.1, 0.15) is 72.5 Å². The van der Waals surface area contributed by atoms with E-state index in [0.717, 1.165) is 45.2 Å². The molecule has 212 valence electrons. The second-order valence-electron chi connectivity index (χ2n) is 11.3. The van der Waals surface area contributed by atoms with Gasteiger partial charge in [-0.1, -0.05) is 84.9 Å². The number of rotatable bonds is 11. The molecule has 0 bridgehead atoms. The average molecular weight is 562 g/mol. The van der Waals surface area contributed by atoms with Crippen LogP contribution < -0.4 is 0 Å². The molecule has 0 unspecified atom stereocenters. The van der Waals surface area contributed by atoms with E-state index in [-0.39, 0.29) is 5.78 Å². The van der Waals surface area contributed by atoms with E-state index in [1.165, 1.54) is 11.1 Å². The van der Waals surface area contributed by atoms with Crippen molar-refractivity contribution >= 4 is 21.9 Å². The monoisotopic (exact) mass is 561 g/mol. The summed E-state index contributed by atoms with van der Waals surface area (Å²) in [5.41, 5.74) is 2.77. The molecule has 6 nitrogen and oxygen atoms in total. The Morgan fingerprint density at radius 2 is 1.40 bits per heavy atom. The number of piperidine rings is 1. The van der Waals surface area contributed by atoms with Gasteiger partial charge in [-0.05, 0) is 75.4 Å². The van der Waals surface area contributed by atoms with Gasteiger partial charge in [0.2, 0.25) is 0 Å². The highest BCUT2D eigenvalue weighted by molar-refractivity contribution is 7.86. The minimum atomic E-state index is -3.90. The van der Waals surface area contributed by atoms with E-state index in [1.54, 1.807) is 38.1 Å². The molecule has 1 heterocycles. The first-order valence-electron chi connectivity index (χ1n) is 13.9. The van der Waals surface area contributed by atoms with Crippen LogP contribution in [0.25, 0.3) is 0 Å². The van der Waals surface area contributed by atoms with Gasteiger partial charge in [0.15, 0.2) is 5.78 Å². The molecule has 0 aromatic heterocycles. The van der Waals surface area contributed by atoms with Gasteiger partial charge in [0, 0.05) is 17.9 Å². The molecular weight excluding hydrogens is 522 g/mol. The zero-order valence-electron chi connectivity index (χ0n) is 23.6. The third-order valence-corrected chi connectivity index (χ3v) is 8.42. The number of hydrogen-bond acceptors (Lipinski definition) is 6. The quantitative estimate of drug-likeness (QED) is 0.212. The Labute approximate surface area is 238 Å². The number of benzene rings is 3. The number of carbonyl (C=O) groups excluding carboxylic acids is 2. The molecule has 0 atom stereocenters. The van der Waals surface area contributed by atoms with Gasteiger partial charge in [0.05, 0.1) is 11.7 Å². The van der Waals surface area contributed by atoms with Crippen LogP contribution in [-0.2, 0) is 24.5 Å². The van der Waals surface area contributed by atoms with Crippen LogP contribution in [0.4, 0.5) is 0 Å². The van der Waals surface area contributed by atoms with Gasteiger partial charge in [-0.2, -0.15) is 8.42 Å². The van der Waals surface area contributed by atoms with Crippen molar-refractivity contribution in [3.63, 3.8) is 0 Å². The van der Waals surface area contributed by atoms with Crippen molar-refractivity contribution in [2.45, 2.75) is 50.9 Å². The van der Waals surface area contributed by atoms with E-state index < -0.39 is 21.5 Å². The lowest BCUT2D eigenvalue weighted by atomic mass is 9.76. The van der Waals surface area contributed by atoms with E-state index in [9.17, 15) is 18.0 Å². The maximum absolute atomic E-state index is 12.8. The van der Waals surface area contributed by atoms with Gasteiger partial charge >= 0.3 is 16.1 Å². The molecular formula is C33H39NO5S. The summed E-state index contributed by atoms with van der Waals surface area (Å²) in [6.45, 7) is 6.15. The highest BCUT2D eigenvalue weighted by Crippen LogP contribution is 2.38. The normalized spacial score (nSPS) is 15.2. The number of ketones is 1. The summed E-state index contributed by atoms with van der Waals surface area (Å²) in [6, 6.07) is 28.4. The Kier molecular flexibility index (Phi) is 9.59. The summed E-state index contributed by atoms with van der Waals surface area (Å²) >= 11 is 0. The Morgan fingerprint density at radius 1 is 0.875 bits per heavy atom. The highest BCUT2D eigenvalue weighted by Gasteiger charge is 2.34. The molecule has 4 rings (SSSR count). The number of nitrogens with zero attached hydrogens (tertiary/aromatic N) is 1. The third-order valence-electron chi connectivity index (χ3n) is 7.97. The number of hydrogen-bond donors (Lipinski definition) is 0. The average Bonchev–Trinajstić information content (AvgIpc) is 2.94. The molecule has 1 fully saturated rings. The molecule has 0 radical (unpaired) electrons. The second-order valence-corrected chi connectivity index (χ2v) is 12.9.